The first-order valence-electron chi connectivity index (χ1n) is 5.43. The van der Waals surface area contributed by atoms with Crippen molar-refractivity contribution in [2.45, 2.75) is 25.3 Å². The zero-order valence-electron chi connectivity index (χ0n) is 10.2. The highest BCUT2D eigenvalue weighted by Crippen LogP contribution is 2.15. The molecule has 4 nitrogen and oxygen atoms in total. The Morgan fingerprint density at radius 3 is 2.67 bits per heavy atom. The highest BCUT2D eigenvalue weighted by Gasteiger charge is 2.14. The van der Waals surface area contributed by atoms with Gasteiger partial charge >= 0.3 is 0 Å². The van der Waals surface area contributed by atoms with Gasteiger partial charge in [-0.15, -0.1) is 11.3 Å². The molecule has 6 heteroatoms. The van der Waals surface area contributed by atoms with Gasteiger partial charge < -0.3 is 0 Å². The molecule has 0 bridgehead atoms. The standard InChI is InChI=1S/C12H14N2O2S2/c1-9-3-4-12(5-10(9)2)18(15,16)14-6-11-7-17-8-13-11/h3-5,7-8,14H,6H2,1-2H3. The van der Waals surface area contributed by atoms with Crippen LogP contribution in [0, 0.1) is 13.8 Å². The van der Waals surface area contributed by atoms with E-state index >= 15 is 0 Å². The first kappa shape index (κ1) is 13.2. The molecule has 1 heterocycles. The number of aromatic nitrogens is 1. The predicted octanol–water partition coefficient (Wildman–Crippen LogP) is 2.24. The van der Waals surface area contributed by atoms with Crippen LogP contribution in [-0.2, 0) is 16.6 Å². The van der Waals surface area contributed by atoms with Crippen molar-refractivity contribution in [1.82, 2.24) is 9.71 Å². The lowest BCUT2D eigenvalue weighted by molar-refractivity contribution is 0.580. The summed E-state index contributed by atoms with van der Waals surface area (Å²) >= 11 is 1.44. The minimum Gasteiger partial charge on any atom is -0.248 e. The summed E-state index contributed by atoms with van der Waals surface area (Å²) in [7, 11) is -3.46. The number of hydrogen-bond donors (Lipinski definition) is 1. The molecule has 0 radical (unpaired) electrons. The minimum atomic E-state index is -3.46. The van der Waals surface area contributed by atoms with E-state index < -0.39 is 10.0 Å². The number of nitrogens with zero attached hydrogens (tertiary/aromatic N) is 1. The smallest absolute Gasteiger partial charge is 0.240 e. The largest absolute Gasteiger partial charge is 0.248 e. The maximum Gasteiger partial charge on any atom is 0.240 e. The Morgan fingerprint density at radius 1 is 1.28 bits per heavy atom. The SMILES string of the molecule is Cc1ccc(S(=O)(=O)NCc2cscn2)cc1C. The lowest BCUT2D eigenvalue weighted by Crippen LogP contribution is -2.23. The molecule has 0 aliphatic rings. The van der Waals surface area contributed by atoms with Crippen LogP contribution in [0.25, 0.3) is 0 Å². The molecule has 0 saturated carbocycles. The predicted molar refractivity (Wildman–Crippen MR) is 72.1 cm³/mol. The molecule has 0 spiro atoms. The first-order valence-corrected chi connectivity index (χ1v) is 7.85. The summed E-state index contributed by atoms with van der Waals surface area (Å²) in [5.74, 6) is 0. The third-order valence-electron chi connectivity index (χ3n) is 2.72. The molecule has 1 N–H and O–H groups in total. The Balaban J connectivity index is 2.17. The summed E-state index contributed by atoms with van der Waals surface area (Å²) in [4.78, 5) is 4.33. The molecule has 1 aromatic heterocycles. The second kappa shape index (κ2) is 5.17. The van der Waals surface area contributed by atoms with E-state index in [-0.39, 0.29) is 6.54 Å². The van der Waals surface area contributed by atoms with Crippen molar-refractivity contribution in [1.29, 1.82) is 0 Å². The van der Waals surface area contributed by atoms with Crippen molar-refractivity contribution in [2.75, 3.05) is 0 Å². The molecule has 0 amide bonds. The summed E-state index contributed by atoms with van der Waals surface area (Å²) in [6.07, 6.45) is 0. The van der Waals surface area contributed by atoms with Gasteiger partial charge in [-0.05, 0) is 37.1 Å². The summed E-state index contributed by atoms with van der Waals surface area (Å²) in [5, 5.41) is 1.82. The molecule has 0 saturated heterocycles. The van der Waals surface area contributed by atoms with Crippen LogP contribution < -0.4 is 4.72 Å². The molecule has 0 fully saturated rings. The van der Waals surface area contributed by atoms with Crippen LogP contribution in [0.4, 0.5) is 0 Å². The van der Waals surface area contributed by atoms with Crippen LogP contribution >= 0.6 is 11.3 Å². The summed E-state index contributed by atoms with van der Waals surface area (Å²) < 4.78 is 26.7. The van der Waals surface area contributed by atoms with Crippen molar-refractivity contribution < 1.29 is 8.42 Å². The van der Waals surface area contributed by atoms with Gasteiger partial charge in [0.1, 0.15) is 0 Å². The molecule has 96 valence electrons. The zero-order chi connectivity index (χ0) is 13.2. The Morgan fingerprint density at radius 2 is 2.06 bits per heavy atom. The number of aryl methyl sites for hydroxylation is 2. The highest BCUT2D eigenvalue weighted by atomic mass is 32.2. The second-order valence-corrected chi connectivity index (χ2v) is 6.54. The van der Waals surface area contributed by atoms with Crippen LogP contribution in [0.3, 0.4) is 0 Å². The van der Waals surface area contributed by atoms with Crippen LogP contribution in [0.5, 0.6) is 0 Å². The highest BCUT2D eigenvalue weighted by molar-refractivity contribution is 7.89. The molecule has 0 aliphatic heterocycles. The van der Waals surface area contributed by atoms with E-state index in [9.17, 15) is 8.42 Å². The molecule has 18 heavy (non-hydrogen) atoms. The summed E-state index contributed by atoms with van der Waals surface area (Å²) in [6, 6.07) is 5.11. The first-order chi connectivity index (χ1) is 8.49. The normalized spacial score (nSPS) is 11.7. The molecular formula is C12H14N2O2S2. The van der Waals surface area contributed by atoms with Crippen molar-refractivity contribution in [2.24, 2.45) is 0 Å². The number of benzene rings is 1. The molecule has 2 rings (SSSR count). The third-order valence-corrected chi connectivity index (χ3v) is 4.75. The van der Waals surface area contributed by atoms with Crippen LogP contribution in [0.15, 0.2) is 34.0 Å². The third kappa shape index (κ3) is 2.95. The van der Waals surface area contributed by atoms with Gasteiger partial charge in [0.25, 0.3) is 0 Å². The van der Waals surface area contributed by atoms with Gasteiger partial charge in [-0.1, -0.05) is 6.07 Å². The van der Waals surface area contributed by atoms with Crippen LogP contribution in [-0.4, -0.2) is 13.4 Å². The fourth-order valence-electron chi connectivity index (χ4n) is 1.46. The fraction of sp³-hybridized carbons (Fsp3) is 0.250. The average Bonchev–Trinajstić information content (AvgIpc) is 2.83. The average molecular weight is 282 g/mol. The molecule has 2 aromatic rings. The van der Waals surface area contributed by atoms with E-state index in [1.165, 1.54) is 11.3 Å². The Bertz CT molecular complexity index is 634. The van der Waals surface area contributed by atoms with Crippen LogP contribution in [0.1, 0.15) is 16.8 Å². The summed E-state index contributed by atoms with van der Waals surface area (Å²) in [5.41, 5.74) is 4.45. The quantitative estimate of drug-likeness (QED) is 0.935. The number of rotatable bonds is 4. The van der Waals surface area contributed by atoms with E-state index in [2.05, 4.69) is 9.71 Å². The fourth-order valence-corrected chi connectivity index (χ4v) is 3.10. The number of nitrogens with one attached hydrogen (secondary N) is 1. The van der Waals surface area contributed by atoms with Crippen molar-refractivity contribution in [3.63, 3.8) is 0 Å². The van der Waals surface area contributed by atoms with Gasteiger partial charge in [0.05, 0.1) is 22.6 Å². The number of hydrogen-bond acceptors (Lipinski definition) is 4. The van der Waals surface area contributed by atoms with Gasteiger partial charge in [0.2, 0.25) is 10.0 Å². The Hall–Kier alpha value is -1.24. The molecular weight excluding hydrogens is 268 g/mol. The molecule has 0 atom stereocenters. The zero-order valence-corrected chi connectivity index (χ0v) is 11.8. The topological polar surface area (TPSA) is 59.1 Å². The van der Waals surface area contributed by atoms with Gasteiger partial charge in [0.15, 0.2) is 0 Å². The van der Waals surface area contributed by atoms with E-state index in [0.29, 0.717) is 4.90 Å². The molecule has 1 aromatic carbocycles. The maximum atomic E-state index is 12.1. The van der Waals surface area contributed by atoms with E-state index in [1.54, 1.807) is 17.6 Å². The van der Waals surface area contributed by atoms with E-state index in [1.807, 2.05) is 25.3 Å². The second-order valence-electron chi connectivity index (χ2n) is 4.05. The van der Waals surface area contributed by atoms with Crippen molar-refractivity contribution in [3.8, 4) is 0 Å². The molecule has 0 unspecified atom stereocenters. The lowest BCUT2D eigenvalue weighted by atomic mass is 10.1. The van der Waals surface area contributed by atoms with Gasteiger partial charge in [-0.3, -0.25) is 0 Å². The van der Waals surface area contributed by atoms with Crippen LogP contribution in [0.2, 0.25) is 0 Å². The number of thiazole rings is 1. The Labute approximate surface area is 111 Å². The number of sulfonamides is 1. The Kier molecular flexibility index (Phi) is 3.79. The van der Waals surface area contributed by atoms with Crippen molar-refractivity contribution in [3.05, 3.63) is 45.9 Å². The maximum absolute atomic E-state index is 12.1. The van der Waals surface area contributed by atoms with Crippen molar-refractivity contribution >= 4 is 21.4 Å². The van der Waals surface area contributed by atoms with Gasteiger partial charge in [0, 0.05) is 5.38 Å². The summed E-state index contributed by atoms with van der Waals surface area (Å²) in [6.45, 7) is 4.07. The minimum absolute atomic E-state index is 0.221. The van der Waals surface area contributed by atoms with E-state index in [0.717, 1.165) is 16.8 Å². The molecule has 0 aliphatic carbocycles. The van der Waals surface area contributed by atoms with Gasteiger partial charge in [-0.2, -0.15) is 0 Å². The lowest BCUT2D eigenvalue weighted by Gasteiger charge is -2.07. The monoisotopic (exact) mass is 282 g/mol. The van der Waals surface area contributed by atoms with Gasteiger partial charge in [-0.25, -0.2) is 18.1 Å². The van der Waals surface area contributed by atoms with E-state index in [4.69, 9.17) is 0 Å².